The van der Waals surface area contributed by atoms with Gasteiger partial charge in [-0.25, -0.2) is 8.42 Å². The summed E-state index contributed by atoms with van der Waals surface area (Å²) in [6, 6.07) is 12.0. The molecule has 7 atom stereocenters. The van der Waals surface area contributed by atoms with Crippen LogP contribution in [0.1, 0.15) is 75.3 Å². The smallest absolute Gasteiger partial charge is 0.216 e. The Balaban J connectivity index is 1.19. The number of halogens is 1. The quantitative estimate of drug-likeness (QED) is 0.296. The number of hydrogen-bond acceptors (Lipinski definition) is 9. The molecule has 0 aromatic heterocycles. The van der Waals surface area contributed by atoms with E-state index in [0.29, 0.717) is 36.3 Å². The molecular weight excluding hydrogens is 736 g/mol. The Hall–Kier alpha value is -2.66. The van der Waals surface area contributed by atoms with E-state index in [-0.39, 0.29) is 11.8 Å². The molecule has 1 saturated carbocycles. The number of allylic oxidation sites excluding steroid dienone is 1. The van der Waals surface area contributed by atoms with Gasteiger partial charge in [0, 0.05) is 76.3 Å². The molecule has 1 unspecified atom stereocenters. The number of anilines is 1. The van der Waals surface area contributed by atoms with Gasteiger partial charge in [-0.1, -0.05) is 48.6 Å². The number of hydrogen-bond donors (Lipinski definition) is 2. The summed E-state index contributed by atoms with van der Waals surface area (Å²) in [4.78, 5) is 7.44. The highest BCUT2D eigenvalue weighted by molar-refractivity contribution is 7.90. The van der Waals surface area contributed by atoms with Gasteiger partial charge >= 0.3 is 0 Å². The zero-order valence-corrected chi connectivity index (χ0v) is 34.3. The molecule has 4 aliphatic heterocycles. The second-order valence-electron chi connectivity index (χ2n) is 16.3. The van der Waals surface area contributed by atoms with Gasteiger partial charge in [-0.05, 0) is 104 Å². The molecule has 7 rings (SSSR count). The Morgan fingerprint density at radius 2 is 1.93 bits per heavy atom. The number of ether oxygens (including phenoxy) is 3. The number of nitrogens with zero attached hydrogens (tertiary/aromatic N) is 3. The van der Waals surface area contributed by atoms with Gasteiger partial charge in [0.15, 0.2) is 0 Å². The van der Waals surface area contributed by atoms with Gasteiger partial charge in [0.05, 0.1) is 24.2 Å². The van der Waals surface area contributed by atoms with Crippen LogP contribution in [0.2, 0.25) is 5.02 Å². The Morgan fingerprint density at radius 3 is 2.75 bits per heavy atom. The average Bonchev–Trinajstić information content (AvgIpc) is 3.20. The van der Waals surface area contributed by atoms with Crippen LogP contribution >= 0.6 is 11.6 Å². The average molecular weight is 795 g/mol. The third kappa shape index (κ3) is 9.39. The van der Waals surface area contributed by atoms with Crippen LogP contribution in [0, 0.1) is 29.6 Å². The first-order valence-corrected chi connectivity index (χ1v) is 22.2. The van der Waals surface area contributed by atoms with Gasteiger partial charge in [-0.15, -0.1) is 0 Å². The lowest BCUT2D eigenvalue weighted by atomic mass is 9.64. The second-order valence-corrected chi connectivity index (χ2v) is 18.8. The number of aliphatic hydroxyl groups excluding tert-OH is 1. The number of nitrogens with one attached hydrogen (secondary N) is 1. The maximum absolute atomic E-state index is 13.6. The fraction of sp³-hybridized carbons (Fsp3) is 0.628. The van der Waals surface area contributed by atoms with Crippen LogP contribution in [-0.2, 0) is 32.5 Å². The highest BCUT2D eigenvalue weighted by Gasteiger charge is 2.47. The fourth-order valence-corrected chi connectivity index (χ4v) is 10.6. The molecule has 10 nitrogen and oxygen atoms in total. The Labute approximate surface area is 333 Å². The normalized spacial score (nSPS) is 32.5. The first-order chi connectivity index (χ1) is 26.5. The summed E-state index contributed by atoms with van der Waals surface area (Å²) >= 11 is 6.41. The number of rotatable bonds is 3. The molecule has 0 spiro atoms. The number of aliphatic hydroxyl groups is 1. The lowest BCUT2D eigenvalue weighted by molar-refractivity contribution is -0.0441. The number of sulfonamides is 1. The number of methoxy groups -OCH3 is 1. The molecule has 2 saturated heterocycles. The van der Waals surface area contributed by atoms with E-state index in [2.05, 4.69) is 43.4 Å². The van der Waals surface area contributed by atoms with E-state index in [9.17, 15) is 13.5 Å². The Morgan fingerprint density at radius 1 is 1.05 bits per heavy atom. The van der Waals surface area contributed by atoms with E-state index in [1.807, 2.05) is 37.3 Å². The van der Waals surface area contributed by atoms with E-state index < -0.39 is 27.1 Å². The van der Waals surface area contributed by atoms with Crippen LogP contribution in [0.4, 0.5) is 5.69 Å². The molecule has 2 aromatic carbocycles. The minimum atomic E-state index is -3.88. The minimum Gasteiger partial charge on any atom is -0.487 e. The minimum absolute atomic E-state index is 0.151. The standard InChI is InChI=1S/C43H59ClN4O6S/c1-31-9-8-18-43(52-3,17-5-7-19-46-21-22-47-23-24-53-30-38(47)28-46)39-15-12-35(39)27-48-20-6-4-10-33-25-37(44)14-11-36(33)29-54-41-16-13-34(26-40(41)48)42(49)45-55(50,51)32(31)2/h8,11,13-14,16,18,25-26,31-32,35,38-39,42,45,49H,4,6-7,9-10,12,15,19-24,27-30H2,1-3H3/b18-8+/t31-,32+,35-,38-,39+,42?,43-/m0/s1. The van der Waals surface area contributed by atoms with E-state index in [1.54, 1.807) is 20.1 Å². The third-order valence-electron chi connectivity index (χ3n) is 12.9. The van der Waals surface area contributed by atoms with Crippen molar-refractivity contribution in [3.8, 4) is 17.6 Å². The SMILES string of the molecule is CO[C@@]1(C#CCCN2CCN3CCOC[C@@H]3C2)/C=C/C[C@H](C)[C@@H](C)S(=O)(=O)NC(O)c2ccc3c(c2)N(CCCCc2cc(Cl)ccc2CO3)C[C@@H]2CC[C@H]21. The zero-order valence-electron chi connectivity index (χ0n) is 32.7. The summed E-state index contributed by atoms with van der Waals surface area (Å²) in [7, 11) is -2.11. The van der Waals surface area contributed by atoms with Crippen LogP contribution < -0.4 is 14.4 Å². The third-order valence-corrected chi connectivity index (χ3v) is 15.1. The predicted octanol–water partition coefficient (Wildman–Crippen LogP) is 5.78. The summed E-state index contributed by atoms with van der Waals surface area (Å²) in [5.74, 6) is 8.13. The molecular formula is C43H59ClN4O6S. The topological polar surface area (TPSA) is 104 Å². The highest BCUT2D eigenvalue weighted by Crippen LogP contribution is 2.46. The molecule has 2 N–H and O–H groups in total. The molecule has 4 heterocycles. The molecule has 12 heteroatoms. The second kappa shape index (κ2) is 17.9. The highest BCUT2D eigenvalue weighted by atomic mass is 35.5. The van der Waals surface area contributed by atoms with Crippen molar-refractivity contribution in [2.45, 2.75) is 88.5 Å². The monoisotopic (exact) mass is 794 g/mol. The maximum Gasteiger partial charge on any atom is 0.216 e. The van der Waals surface area contributed by atoms with Crippen molar-refractivity contribution in [1.82, 2.24) is 14.5 Å². The molecule has 55 heavy (non-hydrogen) atoms. The zero-order chi connectivity index (χ0) is 38.6. The molecule has 5 aliphatic rings. The lowest BCUT2D eigenvalue weighted by Crippen LogP contribution is -2.58. The van der Waals surface area contributed by atoms with Crippen molar-refractivity contribution in [1.29, 1.82) is 0 Å². The van der Waals surface area contributed by atoms with E-state index in [0.717, 1.165) is 114 Å². The van der Waals surface area contributed by atoms with E-state index >= 15 is 0 Å². The summed E-state index contributed by atoms with van der Waals surface area (Å²) in [6.45, 7) is 12.2. The van der Waals surface area contributed by atoms with E-state index in [4.69, 9.17) is 25.8 Å². The first-order valence-electron chi connectivity index (χ1n) is 20.3. The van der Waals surface area contributed by atoms with Crippen LogP contribution in [0.5, 0.6) is 5.75 Å². The van der Waals surface area contributed by atoms with Gasteiger partial charge < -0.3 is 24.2 Å². The predicted molar refractivity (Wildman–Crippen MR) is 218 cm³/mol. The summed E-state index contributed by atoms with van der Waals surface area (Å²) in [5.41, 5.74) is 2.81. The molecule has 3 fully saturated rings. The van der Waals surface area contributed by atoms with Gasteiger partial charge in [-0.2, -0.15) is 4.72 Å². The lowest BCUT2D eigenvalue weighted by Gasteiger charge is -2.47. The summed E-state index contributed by atoms with van der Waals surface area (Å²) in [5, 5.41) is 11.3. The van der Waals surface area contributed by atoms with Crippen LogP contribution in [0.25, 0.3) is 0 Å². The molecule has 300 valence electrons. The van der Waals surface area contributed by atoms with Crippen molar-refractivity contribution >= 4 is 27.3 Å². The molecule has 2 bridgehead atoms. The van der Waals surface area contributed by atoms with Gasteiger partial charge in [-0.3, -0.25) is 9.80 Å². The molecule has 0 amide bonds. The van der Waals surface area contributed by atoms with E-state index in [1.165, 1.54) is 5.56 Å². The maximum atomic E-state index is 13.6. The van der Waals surface area contributed by atoms with Crippen LogP contribution in [-0.4, -0.2) is 106 Å². The molecule has 2 aromatic rings. The molecule has 1 aliphatic carbocycles. The fourth-order valence-electron chi connectivity index (χ4n) is 9.00. The van der Waals surface area contributed by atoms with Crippen molar-refractivity contribution in [2.75, 3.05) is 71.0 Å². The van der Waals surface area contributed by atoms with Crippen LogP contribution in [0.3, 0.4) is 0 Å². The Kier molecular flexibility index (Phi) is 13.2. The van der Waals surface area contributed by atoms with Crippen LogP contribution in [0.15, 0.2) is 48.6 Å². The van der Waals surface area contributed by atoms with Crippen molar-refractivity contribution in [2.24, 2.45) is 17.8 Å². The van der Waals surface area contributed by atoms with Crippen molar-refractivity contribution in [3.63, 3.8) is 0 Å². The summed E-state index contributed by atoms with van der Waals surface area (Å²) in [6.07, 6.45) is 8.91. The largest absolute Gasteiger partial charge is 0.487 e. The first kappa shape index (κ1) is 40.5. The Bertz CT molecular complexity index is 1850. The summed E-state index contributed by atoms with van der Waals surface area (Å²) < 4.78 is 48.7. The number of aryl methyl sites for hydroxylation is 1. The van der Waals surface area contributed by atoms with Crippen molar-refractivity contribution < 1.29 is 27.7 Å². The van der Waals surface area contributed by atoms with Crippen molar-refractivity contribution in [3.05, 3.63) is 70.3 Å². The van der Waals surface area contributed by atoms with Gasteiger partial charge in [0.2, 0.25) is 10.0 Å². The van der Waals surface area contributed by atoms with Gasteiger partial charge in [0.25, 0.3) is 0 Å². The number of fused-ring (bicyclic) bond motifs is 4. The number of piperazine rings is 1. The van der Waals surface area contributed by atoms with Gasteiger partial charge in [0.1, 0.15) is 24.2 Å². The number of benzene rings is 2. The number of morpholine rings is 1. The molecule has 0 radical (unpaired) electrons.